The molecule has 10 nitrogen and oxygen atoms in total. The van der Waals surface area contributed by atoms with Gasteiger partial charge in [0, 0.05) is 45.2 Å². The number of nitrogens with zero attached hydrogens (tertiary/aromatic N) is 3. The van der Waals surface area contributed by atoms with Gasteiger partial charge in [0.2, 0.25) is 17.7 Å². The van der Waals surface area contributed by atoms with Gasteiger partial charge in [0.05, 0.1) is 6.04 Å². The molecule has 2 fully saturated rings. The Labute approximate surface area is 264 Å². The molecule has 0 radical (unpaired) electrons. The number of carbonyl (C=O) groups excluding carboxylic acids is 4. The lowest BCUT2D eigenvalue weighted by Gasteiger charge is -2.50. The third-order valence-corrected chi connectivity index (χ3v) is 9.16. The average Bonchev–Trinajstić information content (AvgIpc) is 3.23. The van der Waals surface area contributed by atoms with E-state index >= 15 is 0 Å². The van der Waals surface area contributed by atoms with Crippen molar-refractivity contribution in [1.82, 2.24) is 20.0 Å². The van der Waals surface area contributed by atoms with Crippen molar-refractivity contribution < 1.29 is 24.3 Å². The van der Waals surface area contributed by atoms with Gasteiger partial charge in [-0.25, -0.2) is 0 Å². The average molecular weight is 616 g/mol. The number of primary amides is 1. The van der Waals surface area contributed by atoms with Gasteiger partial charge in [-0.05, 0) is 63.5 Å². The standard InChI is InChI=1S/C27H41N3O4.C7H16N2O/c1-5-7-8-9-25(33)29-23(18-21-10-12-22(32)13-11-21)26(34)30(24(19-31)20(3)6-2)27(29)14-16-28(4)17-15-27;1-9-6-4-2-3-5-7(8)10/h10-13,19-20,23-24,32H,5-9,14-18H2,1-4H3;9H,2-6H2,1H3,(H2,8,10). The number of aromatic hydroxyl groups is 1. The normalized spacial score (nSPS) is 19.4. The van der Waals surface area contributed by atoms with Crippen molar-refractivity contribution >= 4 is 24.0 Å². The maximum Gasteiger partial charge on any atom is 0.248 e. The van der Waals surface area contributed by atoms with Crippen LogP contribution in [0.5, 0.6) is 5.75 Å². The highest BCUT2D eigenvalue weighted by molar-refractivity contribution is 5.94. The number of nitrogens with one attached hydrogen (secondary N) is 1. The molecule has 10 heteroatoms. The molecule has 248 valence electrons. The molecule has 3 rings (SSSR count). The van der Waals surface area contributed by atoms with Gasteiger partial charge in [-0.15, -0.1) is 0 Å². The van der Waals surface area contributed by atoms with Crippen molar-refractivity contribution in [3.63, 3.8) is 0 Å². The van der Waals surface area contributed by atoms with Crippen molar-refractivity contribution in [3.05, 3.63) is 29.8 Å². The van der Waals surface area contributed by atoms with Gasteiger partial charge in [-0.2, -0.15) is 0 Å². The molecular weight excluding hydrogens is 558 g/mol. The Morgan fingerprint density at radius 2 is 1.70 bits per heavy atom. The number of aldehydes is 1. The monoisotopic (exact) mass is 615 g/mol. The fourth-order valence-corrected chi connectivity index (χ4v) is 6.32. The van der Waals surface area contributed by atoms with Crippen LogP contribution in [0.25, 0.3) is 0 Å². The third kappa shape index (κ3) is 10.0. The predicted octanol–water partition coefficient (Wildman–Crippen LogP) is 3.84. The highest BCUT2D eigenvalue weighted by Gasteiger charge is 2.60. The number of hydrogen-bond donors (Lipinski definition) is 3. The van der Waals surface area contributed by atoms with E-state index in [9.17, 15) is 24.3 Å². The van der Waals surface area contributed by atoms with Crippen molar-refractivity contribution in [3.8, 4) is 5.75 Å². The summed E-state index contributed by atoms with van der Waals surface area (Å²) in [7, 11) is 3.98. The summed E-state index contributed by atoms with van der Waals surface area (Å²) >= 11 is 0. The fourth-order valence-electron chi connectivity index (χ4n) is 6.32. The molecule has 3 amide bonds. The van der Waals surface area contributed by atoms with E-state index in [4.69, 9.17) is 5.73 Å². The first kappa shape index (κ1) is 37.2. The van der Waals surface area contributed by atoms with Crippen LogP contribution < -0.4 is 11.1 Å². The van der Waals surface area contributed by atoms with Crippen LogP contribution in [0, 0.1) is 5.92 Å². The van der Waals surface area contributed by atoms with E-state index in [2.05, 4.69) is 24.2 Å². The third-order valence-electron chi connectivity index (χ3n) is 9.16. The molecule has 0 bridgehead atoms. The first-order valence-electron chi connectivity index (χ1n) is 16.6. The summed E-state index contributed by atoms with van der Waals surface area (Å²) in [5.41, 5.74) is 5.07. The van der Waals surface area contributed by atoms with E-state index in [1.165, 1.54) is 0 Å². The van der Waals surface area contributed by atoms with Crippen LogP contribution in [-0.4, -0.2) is 95.3 Å². The molecule has 0 aliphatic carbocycles. The zero-order valence-corrected chi connectivity index (χ0v) is 27.7. The fraction of sp³-hybridized carbons (Fsp3) is 0.706. The molecule has 4 N–H and O–H groups in total. The van der Waals surface area contributed by atoms with Crippen LogP contribution in [0.4, 0.5) is 0 Å². The Kier molecular flexibility index (Phi) is 15.8. The molecule has 2 heterocycles. The molecular formula is C34H57N5O5. The first-order valence-corrected chi connectivity index (χ1v) is 16.6. The highest BCUT2D eigenvalue weighted by Crippen LogP contribution is 2.44. The number of carbonyl (C=O) groups is 4. The van der Waals surface area contributed by atoms with Crippen LogP contribution in [0.15, 0.2) is 24.3 Å². The minimum absolute atomic E-state index is 0.00227. The van der Waals surface area contributed by atoms with E-state index in [1.54, 1.807) is 29.2 Å². The molecule has 1 aromatic rings. The van der Waals surface area contributed by atoms with Gasteiger partial charge in [0.15, 0.2) is 0 Å². The summed E-state index contributed by atoms with van der Waals surface area (Å²) < 4.78 is 0. The Morgan fingerprint density at radius 3 is 2.25 bits per heavy atom. The lowest BCUT2D eigenvalue weighted by atomic mass is 9.89. The van der Waals surface area contributed by atoms with Crippen molar-refractivity contribution in [1.29, 1.82) is 0 Å². The quantitative estimate of drug-likeness (QED) is 0.190. The minimum atomic E-state index is -0.774. The second-order valence-corrected chi connectivity index (χ2v) is 12.5. The van der Waals surface area contributed by atoms with Gasteiger partial charge < -0.3 is 35.7 Å². The van der Waals surface area contributed by atoms with Crippen molar-refractivity contribution in [2.45, 2.75) is 116 Å². The van der Waals surface area contributed by atoms with Crippen LogP contribution in [0.1, 0.15) is 97.0 Å². The van der Waals surface area contributed by atoms with E-state index in [-0.39, 0.29) is 29.4 Å². The van der Waals surface area contributed by atoms with Gasteiger partial charge >= 0.3 is 0 Å². The van der Waals surface area contributed by atoms with E-state index in [1.807, 2.05) is 25.8 Å². The van der Waals surface area contributed by atoms with E-state index in [0.717, 1.165) is 76.4 Å². The summed E-state index contributed by atoms with van der Waals surface area (Å²) in [6.45, 7) is 8.71. The summed E-state index contributed by atoms with van der Waals surface area (Å²) in [5, 5.41) is 12.7. The second kappa shape index (κ2) is 18.7. The molecule has 0 saturated carbocycles. The van der Waals surface area contributed by atoms with Gasteiger partial charge in [0.25, 0.3) is 0 Å². The molecule has 2 aliphatic heterocycles. The zero-order valence-electron chi connectivity index (χ0n) is 27.7. The highest BCUT2D eigenvalue weighted by atomic mass is 16.3. The summed E-state index contributed by atoms with van der Waals surface area (Å²) in [6.07, 6.45) is 10.2. The summed E-state index contributed by atoms with van der Waals surface area (Å²) in [5.74, 6) is -0.141. The summed E-state index contributed by atoms with van der Waals surface area (Å²) in [4.78, 5) is 56.4. The van der Waals surface area contributed by atoms with Gasteiger partial charge in [0.1, 0.15) is 23.7 Å². The van der Waals surface area contributed by atoms with Crippen molar-refractivity contribution in [2.24, 2.45) is 11.7 Å². The smallest absolute Gasteiger partial charge is 0.248 e. The van der Waals surface area contributed by atoms with Crippen LogP contribution in [0.2, 0.25) is 0 Å². The molecule has 44 heavy (non-hydrogen) atoms. The Morgan fingerprint density at radius 1 is 1.07 bits per heavy atom. The maximum absolute atomic E-state index is 14.1. The molecule has 1 spiro atoms. The lowest BCUT2D eigenvalue weighted by molar-refractivity contribution is -0.152. The molecule has 3 atom stereocenters. The number of piperidine rings is 1. The lowest BCUT2D eigenvalue weighted by Crippen LogP contribution is -2.64. The van der Waals surface area contributed by atoms with E-state index < -0.39 is 17.7 Å². The number of amides is 3. The minimum Gasteiger partial charge on any atom is -0.508 e. The van der Waals surface area contributed by atoms with Gasteiger partial charge in [-0.3, -0.25) is 14.4 Å². The largest absolute Gasteiger partial charge is 0.508 e. The second-order valence-electron chi connectivity index (χ2n) is 12.5. The van der Waals surface area contributed by atoms with Gasteiger partial charge in [-0.1, -0.05) is 58.6 Å². The Hall–Kier alpha value is -2.98. The predicted molar refractivity (Wildman–Crippen MR) is 174 cm³/mol. The number of benzene rings is 1. The Balaban J connectivity index is 0.000000580. The van der Waals surface area contributed by atoms with Crippen molar-refractivity contribution in [2.75, 3.05) is 33.7 Å². The number of phenols is 1. The molecule has 2 aliphatic rings. The van der Waals surface area contributed by atoms with E-state index in [0.29, 0.717) is 32.1 Å². The molecule has 3 unspecified atom stereocenters. The zero-order chi connectivity index (χ0) is 32.7. The van der Waals surface area contributed by atoms with Crippen LogP contribution >= 0.6 is 0 Å². The number of likely N-dealkylation sites (tertiary alicyclic amines) is 1. The SMILES string of the molecule is CCCCCC(=O)N1C(Cc2ccc(O)cc2)C(=O)N(C(C=O)C(C)CC)C12CCN(C)CC2.CNCCCCCC(N)=O. The number of unbranched alkanes of at least 4 members (excludes halogenated alkanes) is 4. The number of rotatable bonds is 16. The number of hydrogen-bond acceptors (Lipinski definition) is 7. The molecule has 2 saturated heterocycles. The maximum atomic E-state index is 14.1. The Bertz CT molecular complexity index is 1040. The van der Waals surface area contributed by atoms with Crippen LogP contribution in [0.3, 0.4) is 0 Å². The number of phenolic OH excluding ortho intramolecular Hbond substituents is 1. The summed E-state index contributed by atoms with van der Waals surface area (Å²) in [6, 6.07) is 5.62. The molecule has 0 aromatic heterocycles. The first-order chi connectivity index (χ1) is 21.1. The molecule has 1 aromatic carbocycles. The topological polar surface area (TPSA) is 136 Å². The number of nitrogens with two attached hydrogens (primary N) is 1. The van der Waals surface area contributed by atoms with Crippen LogP contribution in [-0.2, 0) is 25.6 Å².